The van der Waals surface area contributed by atoms with E-state index in [4.69, 9.17) is 4.74 Å². The Morgan fingerprint density at radius 3 is 3.00 bits per heavy atom. The van der Waals surface area contributed by atoms with Crippen LogP contribution in [0.3, 0.4) is 0 Å². The highest BCUT2D eigenvalue weighted by molar-refractivity contribution is 7.10. The number of hydrogen-bond acceptors (Lipinski definition) is 4. The maximum Gasteiger partial charge on any atom is 0.163 e. The molecule has 2 heterocycles. The Kier molecular flexibility index (Phi) is 2.75. The standard InChI is InChI=1S/C10H12N2O2S/c1-12-9(7(14-2)6-11-12)10(13)8-4-3-5-15-8/h3-6,10,13H,1-2H3. The predicted molar refractivity (Wildman–Crippen MR) is 58.1 cm³/mol. The molecule has 2 aromatic heterocycles. The Hall–Kier alpha value is -1.33. The molecule has 0 saturated carbocycles. The quantitative estimate of drug-likeness (QED) is 0.861. The first-order valence-corrected chi connectivity index (χ1v) is 5.39. The minimum atomic E-state index is -0.674. The number of aryl methyl sites for hydroxylation is 1. The van der Waals surface area contributed by atoms with Crippen LogP contribution in [-0.2, 0) is 7.05 Å². The molecular formula is C10H12N2O2S. The van der Waals surface area contributed by atoms with Crippen LogP contribution >= 0.6 is 11.3 Å². The van der Waals surface area contributed by atoms with Gasteiger partial charge in [-0.25, -0.2) is 0 Å². The molecule has 5 heteroatoms. The zero-order valence-corrected chi connectivity index (χ0v) is 9.36. The maximum absolute atomic E-state index is 10.1. The average Bonchev–Trinajstić information content (AvgIpc) is 2.85. The van der Waals surface area contributed by atoms with E-state index in [-0.39, 0.29) is 0 Å². The second-order valence-electron chi connectivity index (χ2n) is 3.14. The lowest BCUT2D eigenvalue weighted by Crippen LogP contribution is -2.06. The molecule has 0 saturated heterocycles. The summed E-state index contributed by atoms with van der Waals surface area (Å²) in [5.74, 6) is 0.610. The van der Waals surface area contributed by atoms with Crippen molar-refractivity contribution >= 4 is 11.3 Å². The summed E-state index contributed by atoms with van der Waals surface area (Å²) in [5.41, 5.74) is 0.681. The molecule has 0 aliphatic rings. The Balaban J connectivity index is 2.40. The molecule has 1 atom stereocenters. The van der Waals surface area contributed by atoms with Crippen molar-refractivity contribution in [3.63, 3.8) is 0 Å². The SMILES string of the molecule is COc1cnn(C)c1C(O)c1cccs1. The molecule has 4 nitrogen and oxygen atoms in total. The van der Waals surface area contributed by atoms with Gasteiger partial charge in [-0.2, -0.15) is 5.10 Å². The summed E-state index contributed by atoms with van der Waals surface area (Å²) in [4.78, 5) is 0.886. The van der Waals surface area contributed by atoms with Gasteiger partial charge in [0, 0.05) is 11.9 Å². The van der Waals surface area contributed by atoms with Crippen LogP contribution in [0.4, 0.5) is 0 Å². The van der Waals surface area contributed by atoms with Crippen LogP contribution in [0.5, 0.6) is 5.75 Å². The number of aromatic nitrogens is 2. The Bertz CT molecular complexity index is 436. The summed E-state index contributed by atoms with van der Waals surface area (Å²) in [6, 6.07) is 3.80. The van der Waals surface area contributed by atoms with Crippen LogP contribution in [0.2, 0.25) is 0 Å². The van der Waals surface area contributed by atoms with E-state index >= 15 is 0 Å². The highest BCUT2D eigenvalue weighted by Crippen LogP contribution is 2.31. The van der Waals surface area contributed by atoms with E-state index in [1.165, 1.54) is 11.3 Å². The van der Waals surface area contributed by atoms with Crippen LogP contribution in [0.15, 0.2) is 23.7 Å². The zero-order valence-electron chi connectivity index (χ0n) is 8.54. The van der Waals surface area contributed by atoms with Crippen molar-refractivity contribution in [3.05, 3.63) is 34.3 Å². The lowest BCUT2D eigenvalue weighted by atomic mass is 10.2. The number of aliphatic hydroxyl groups is 1. The lowest BCUT2D eigenvalue weighted by Gasteiger charge is -2.10. The van der Waals surface area contributed by atoms with E-state index in [0.29, 0.717) is 11.4 Å². The van der Waals surface area contributed by atoms with E-state index in [2.05, 4.69) is 5.10 Å². The second-order valence-corrected chi connectivity index (χ2v) is 4.12. The Morgan fingerprint density at radius 2 is 2.40 bits per heavy atom. The molecule has 0 bridgehead atoms. The normalized spacial score (nSPS) is 12.7. The van der Waals surface area contributed by atoms with E-state index in [1.54, 1.807) is 25.0 Å². The van der Waals surface area contributed by atoms with Crippen molar-refractivity contribution in [1.29, 1.82) is 0 Å². The predicted octanol–water partition coefficient (Wildman–Crippen LogP) is 1.57. The molecule has 2 rings (SSSR count). The molecule has 0 fully saturated rings. The van der Waals surface area contributed by atoms with Gasteiger partial charge in [0.15, 0.2) is 5.75 Å². The largest absolute Gasteiger partial charge is 0.493 e. The lowest BCUT2D eigenvalue weighted by molar-refractivity contribution is 0.208. The molecular weight excluding hydrogens is 212 g/mol. The third-order valence-electron chi connectivity index (χ3n) is 2.24. The maximum atomic E-state index is 10.1. The van der Waals surface area contributed by atoms with Gasteiger partial charge in [0.1, 0.15) is 11.8 Å². The van der Waals surface area contributed by atoms with Crippen molar-refractivity contribution in [1.82, 2.24) is 9.78 Å². The molecule has 0 aliphatic carbocycles. The molecule has 0 aliphatic heterocycles. The number of nitrogens with zero attached hydrogens (tertiary/aromatic N) is 2. The number of thiophene rings is 1. The van der Waals surface area contributed by atoms with E-state index in [0.717, 1.165) is 4.88 Å². The smallest absolute Gasteiger partial charge is 0.163 e. The van der Waals surface area contributed by atoms with Gasteiger partial charge in [-0.05, 0) is 11.4 Å². The molecule has 0 amide bonds. The van der Waals surface area contributed by atoms with Crippen molar-refractivity contribution in [2.24, 2.45) is 7.05 Å². The van der Waals surface area contributed by atoms with Crippen LogP contribution in [0.1, 0.15) is 16.7 Å². The van der Waals surface area contributed by atoms with E-state index in [1.807, 2.05) is 17.5 Å². The number of aliphatic hydroxyl groups excluding tert-OH is 1. The Labute approximate surface area is 91.7 Å². The summed E-state index contributed by atoms with van der Waals surface area (Å²) in [5, 5.41) is 16.1. The van der Waals surface area contributed by atoms with Crippen LogP contribution < -0.4 is 4.74 Å². The number of rotatable bonds is 3. The third-order valence-corrected chi connectivity index (χ3v) is 3.17. The van der Waals surface area contributed by atoms with Gasteiger partial charge >= 0.3 is 0 Å². The molecule has 0 radical (unpaired) electrons. The van der Waals surface area contributed by atoms with Crippen LogP contribution in [0.25, 0.3) is 0 Å². The summed E-state index contributed by atoms with van der Waals surface area (Å²) in [7, 11) is 3.36. The second kappa shape index (κ2) is 4.04. The summed E-state index contributed by atoms with van der Waals surface area (Å²) in [6.45, 7) is 0. The van der Waals surface area contributed by atoms with Gasteiger partial charge < -0.3 is 9.84 Å². The fraction of sp³-hybridized carbons (Fsp3) is 0.300. The van der Waals surface area contributed by atoms with Crippen molar-refractivity contribution in [2.45, 2.75) is 6.10 Å². The van der Waals surface area contributed by atoms with Crippen LogP contribution in [-0.4, -0.2) is 22.0 Å². The summed E-state index contributed by atoms with van der Waals surface area (Å²) >= 11 is 1.51. The molecule has 0 aromatic carbocycles. The first kappa shape index (κ1) is 10.2. The van der Waals surface area contributed by atoms with Gasteiger partial charge in [0.25, 0.3) is 0 Å². The van der Waals surface area contributed by atoms with Gasteiger partial charge in [-0.3, -0.25) is 4.68 Å². The number of ether oxygens (including phenoxy) is 1. The van der Waals surface area contributed by atoms with Crippen LogP contribution in [0, 0.1) is 0 Å². The van der Waals surface area contributed by atoms with Crippen molar-refractivity contribution < 1.29 is 9.84 Å². The molecule has 15 heavy (non-hydrogen) atoms. The number of methoxy groups -OCH3 is 1. The van der Waals surface area contributed by atoms with Gasteiger partial charge in [-0.15, -0.1) is 11.3 Å². The molecule has 1 unspecified atom stereocenters. The van der Waals surface area contributed by atoms with Gasteiger partial charge in [0.05, 0.1) is 13.3 Å². The monoisotopic (exact) mass is 224 g/mol. The first-order valence-electron chi connectivity index (χ1n) is 4.51. The zero-order chi connectivity index (χ0) is 10.8. The summed E-state index contributed by atoms with van der Waals surface area (Å²) in [6.07, 6.45) is 0.930. The van der Waals surface area contributed by atoms with E-state index < -0.39 is 6.10 Å². The topological polar surface area (TPSA) is 47.3 Å². The first-order chi connectivity index (χ1) is 7.24. The van der Waals surface area contributed by atoms with E-state index in [9.17, 15) is 5.11 Å². The summed E-state index contributed by atoms with van der Waals surface area (Å²) < 4.78 is 6.77. The number of hydrogen-bond donors (Lipinski definition) is 1. The van der Waals surface area contributed by atoms with Gasteiger partial charge in [-0.1, -0.05) is 6.07 Å². The molecule has 1 N–H and O–H groups in total. The minimum Gasteiger partial charge on any atom is -0.493 e. The molecule has 0 spiro atoms. The fourth-order valence-electron chi connectivity index (χ4n) is 1.48. The molecule has 80 valence electrons. The molecule has 2 aromatic rings. The average molecular weight is 224 g/mol. The van der Waals surface area contributed by atoms with Crippen molar-refractivity contribution in [2.75, 3.05) is 7.11 Å². The highest BCUT2D eigenvalue weighted by atomic mass is 32.1. The fourth-order valence-corrected chi connectivity index (χ4v) is 2.19. The third kappa shape index (κ3) is 1.75. The Morgan fingerprint density at radius 1 is 1.60 bits per heavy atom. The minimum absolute atomic E-state index is 0.610. The van der Waals surface area contributed by atoms with Crippen molar-refractivity contribution in [3.8, 4) is 5.75 Å². The van der Waals surface area contributed by atoms with Gasteiger partial charge in [0.2, 0.25) is 0 Å². The highest BCUT2D eigenvalue weighted by Gasteiger charge is 2.20.